The summed E-state index contributed by atoms with van der Waals surface area (Å²) < 4.78 is 0. The molecule has 1 fully saturated rings. The summed E-state index contributed by atoms with van der Waals surface area (Å²) in [6, 6.07) is 0. The van der Waals surface area contributed by atoms with Gasteiger partial charge in [-0.05, 0) is 13.0 Å². The summed E-state index contributed by atoms with van der Waals surface area (Å²) in [5, 5.41) is 9.93. The van der Waals surface area contributed by atoms with Crippen molar-refractivity contribution < 1.29 is 9.63 Å². The molecule has 84 valence electrons. The summed E-state index contributed by atoms with van der Waals surface area (Å²) in [5.41, 5.74) is 0.297. The summed E-state index contributed by atoms with van der Waals surface area (Å²) in [6.45, 7) is 4.46. The van der Waals surface area contributed by atoms with E-state index >= 15 is 0 Å². The Labute approximate surface area is 89.2 Å². The van der Waals surface area contributed by atoms with Gasteiger partial charge in [-0.1, -0.05) is 12.1 Å². The van der Waals surface area contributed by atoms with Gasteiger partial charge >= 0.3 is 0 Å². The molecule has 5 heteroatoms. The van der Waals surface area contributed by atoms with Crippen molar-refractivity contribution in [1.82, 2.24) is 10.6 Å². The van der Waals surface area contributed by atoms with Crippen LogP contribution in [0.3, 0.4) is 0 Å². The van der Waals surface area contributed by atoms with E-state index in [1.165, 1.54) is 0 Å². The van der Waals surface area contributed by atoms with E-state index in [4.69, 9.17) is 4.84 Å². The zero-order chi connectivity index (χ0) is 10.7. The lowest BCUT2D eigenvalue weighted by Crippen LogP contribution is -2.36. The molecule has 2 N–H and O–H groups in total. The Bertz CT molecular complexity index is 282. The highest BCUT2D eigenvalue weighted by atomic mass is 16.7. The van der Waals surface area contributed by atoms with Gasteiger partial charge in [-0.25, -0.2) is 0 Å². The number of hydrogen-bond acceptors (Lipinski definition) is 4. The number of amides is 1. The zero-order valence-corrected chi connectivity index (χ0v) is 9.01. The van der Waals surface area contributed by atoms with E-state index in [0.717, 1.165) is 25.9 Å². The van der Waals surface area contributed by atoms with Gasteiger partial charge in [0.15, 0.2) is 5.60 Å². The molecular formula is C10H17N3O2. The third kappa shape index (κ3) is 2.12. The summed E-state index contributed by atoms with van der Waals surface area (Å²) in [5.74, 6) is -0.0828. The fraction of sp³-hybridized carbons (Fsp3) is 0.800. The van der Waals surface area contributed by atoms with Gasteiger partial charge in [-0.2, -0.15) is 0 Å². The fourth-order valence-electron chi connectivity index (χ4n) is 1.93. The van der Waals surface area contributed by atoms with E-state index < -0.39 is 0 Å². The number of nitrogens with zero attached hydrogens (tertiary/aromatic N) is 1. The van der Waals surface area contributed by atoms with Crippen LogP contribution in [-0.4, -0.2) is 36.9 Å². The number of hydrogen-bond donors (Lipinski definition) is 2. The van der Waals surface area contributed by atoms with Gasteiger partial charge < -0.3 is 15.5 Å². The molecule has 1 spiro atoms. The summed E-state index contributed by atoms with van der Waals surface area (Å²) >= 11 is 0. The van der Waals surface area contributed by atoms with Gasteiger partial charge in [-0.3, -0.25) is 4.79 Å². The molecule has 1 amide bonds. The van der Waals surface area contributed by atoms with E-state index in [2.05, 4.69) is 15.8 Å². The van der Waals surface area contributed by atoms with Crippen molar-refractivity contribution in [1.29, 1.82) is 0 Å². The first-order valence-corrected chi connectivity index (χ1v) is 5.50. The maximum atomic E-state index is 11.6. The van der Waals surface area contributed by atoms with Crippen LogP contribution in [0.25, 0.3) is 0 Å². The first-order valence-electron chi connectivity index (χ1n) is 5.50. The summed E-state index contributed by atoms with van der Waals surface area (Å²) in [7, 11) is 0. The van der Waals surface area contributed by atoms with Gasteiger partial charge in [0.25, 0.3) is 5.91 Å². The molecule has 2 rings (SSSR count). The minimum atomic E-state index is -0.237. The van der Waals surface area contributed by atoms with Crippen LogP contribution in [0.1, 0.15) is 26.2 Å². The lowest BCUT2D eigenvalue weighted by molar-refractivity contribution is -0.114. The standard InChI is InChI=1S/C10H17N3O2/c1-2-4-12-9(14)8-6-10(15-13-8)3-5-11-7-10/h11H,2-7H2,1H3,(H,12,14). The lowest BCUT2D eigenvalue weighted by Gasteiger charge is -2.18. The molecule has 1 unspecified atom stereocenters. The summed E-state index contributed by atoms with van der Waals surface area (Å²) in [6.07, 6.45) is 2.50. The first kappa shape index (κ1) is 10.4. The fourth-order valence-corrected chi connectivity index (χ4v) is 1.93. The minimum Gasteiger partial charge on any atom is -0.387 e. The molecule has 1 saturated heterocycles. The highest BCUT2D eigenvalue weighted by molar-refractivity contribution is 6.39. The zero-order valence-electron chi connectivity index (χ0n) is 9.01. The molecule has 0 aliphatic carbocycles. The monoisotopic (exact) mass is 211 g/mol. The molecule has 2 aliphatic rings. The first-order chi connectivity index (χ1) is 7.26. The van der Waals surface area contributed by atoms with Crippen LogP contribution < -0.4 is 10.6 Å². The lowest BCUT2D eigenvalue weighted by atomic mass is 9.96. The Hall–Kier alpha value is -1.10. The number of carbonyl (C=O) groups is 1. The van der Waals surface area contributed by atoms with Crippen molar-refractivity contribution >= 4 is 11.6 Å². The molecule has 5 nitrogen and oxygen atoms in total. The largest absolute Gasteiger partial charge is 0.387 e. The van der Waals surface area contributed by atoms with Crippen LogP contribution in [0.5, 0.6) is 0 Å². The van der Waals surface area contributed by atoms with Gasteiger partial charge in [0.2, 0.25) is 0 Å². The molecule has 0 aromatic rings. The van der Waals surface area contributed by atoms with Crippen LogP contribution in [0, 0.1) is 0 Å². The minimum absolute atomic E-state index is 0.0828. The average Bonchev–Trinajstić information content (AvgIpc) is 2.86. The smallest absolute Gasteiger partial charge is 0.269 e. The van der Waals surface area contributed by atoms with Crippen LogP contribution in [0.2, 0.25) is 0 Å². The van der Waals surface area contributed by atoms with Crippen molar-refractivity contribution in [3.8, 4) is 0 Å². The predicted molar refractivity (Wildman–Crippen MR) is 56.7 cm³/mol. The number of carbonyl (C=O) groups excluding carboxylic acids is 1. The van der Waals surface area contributed by atoms with Crippen molar-refractivity contribution in [3.05, 3.63) is 0 Å². The van der Waals surface area contributed by atoms with E-state index in [1.807, 2.05) is 6.92 Å². The number of rotatable bonds is 3. The third-order valence-electron chi connectivity index (χ3n) is 2.84. The maximum Gasteiger partial charge on any atom is 0.269 e. The highest BCUT2D eigenvalue weighted by Gasteiger charge is 2.43. The van der Waals surface area contributed by atoms with E-state index in [1.54, 1.807) is 0 Å². The predicted octanol–water partition coefficient (Wildman–Crippen LogP) is 0.0210. The Balaban J connectivity index is 1.88. The van der Waals surface area contributed by atoms with Crippen molar-refractivity contribution in [2.75, 3.05) is 19.6 Å². The molecule has 15 heavy (non-hydrogen) atoms. The van der Waals surface area contributed by atoms with E-state index in [-0.39, 0.29) is 11.5 Å². The molecule has 1 atom stereocenters. The molecule has 2 aliphatic heterocycles. The van der Waals surface area contributed by atoms with Crippen LogP contribution in [0.4, 0.5) is 0 Å². The molecule has 2 heterocycles. The topological polar surface area (TPSA) is 62.7 Å². The van der Waals surface area contributed by atoms with Crippen molar-refractivity contribution in [3.63, 3.8) is 0 Å². The Morgan fingerprint density at radius 3 is 3.27 bits per heavy atom. The van der Waals surface area contributed by atoms with Crippen LogP contribution in [0.15, 0.2) is 5.16 Å². The maximum absolute atomic E-state index is 11.6. The second kappa shape index (κ2) is 4.18. The number of oxime groups is 1. The SMILES string of the molecule is CCCNC(=O)C1=NOC2(CCNC2)C1. The normalized spacial score (nSPS) is 29.0. The molecule has 0 aromatic carbocycles. The van der Waals surface area contributed by atoms with E-state index in [0.29, 0.717) is 18.7 Å². The van der Waals surface area contributed by atoms with Gasteiger partial charge in [0.1, 0.15) is 5.71 Å². The molecule has 0 bridgehead atoms. The molecular weight excluding hydrogens is 194 g/mol. The Morgan fingerprint density at radius 1 is 1.73 bits per heavy atom. The quantitative estimate of drug-likeness (QED) is 0.692. The van der Waals surface area contributed by atoms with Crippen molar-refractivity contribution in [2.45, 2.75) is 31.8 Å². The summed E-state index contributed by atoms with van der Waals surface area (Å²) in [4.78, 5) is 17.0. The molecule has 0 aromatic heterocycles. The van der Waals surface area contributed by atoms with Crippen molar-refractivity contribution in [2.24, 2.45) is 5.16 Å². The molecule has 0 radical (unpaired) electrons. The van der Waals surface area contributed by atoms with Crippen LogP contribution >= 0.6 is 0 Å². The second-order valence-electron chi connectivity index (χ2n) is 4.17. The number of nitrogens with one attached hydrogen (secondary N) is 2. The van der Waals surface area contributed by atoms with Gasteiger partial charge in [-0.15, -0.1) is 0 Å². The van der Waals surface area contributed by atoms with E-state index in [9.17, 15) is 4.79 Å². The van der Waals surface area contributed by atoms with Gasteiger partial charge in [0.05, 0.1) is 0 Å². The average molecular weight is 211 g/mol. The molecule has 0 saturated carbocycles. The Morgan fingerprint density at radius 2 is 2.60 bits per heavy atom. The van der Waals surface area contributed by atoms with Crippen LogP contribution in [-0.2, 0) is 9.63 Å². The highest BCUT2D eigenvalue weighted by Crippen LogP contribution is 2.29. The Kier molecular flexibility index (Phi) is 2.90. The van der Waals surface area contributed by atoms with Gasteiger partial charge in [0, 0.05) is 25.9 Å². The second-order valence-corrected chi connectivity index (χ2v) is 4.17. The third-order valence-corrected chi connectivity index (χ3v) is 2.84.